The third kappa shape index (κ3) is 4.30. The third-order valence-electron chi connectivity index (χ3n) is 4.90. The molecule has 2 atom stereocenters. The number of alkyl halides is 3. The van der Waals surface area contributed by atoms with Crippen LogP contribution >= 0.6 is 0 Å². The zero-order valence-electron chi connectivity index (χ0n) is 14.9. The van der Waals surface area contributed by atoms with Crippen molar-refractivity contribution in [2.75, 3.05) is 6.54 Å². The summed E-state index contributed by atoms with van der Waals surface area (Å²) in [5, 5.41) is 9.65. The van der Waals surface area contributed by atoms with Crippen LogP contribution in [0, 0.1) is 6.92 Å². The second kappa shape index (κ2) is 7.68. The Kier molecular flexibility index (Phi) is 5.51. The van der Waals surface area contributed by atoms with Crippen LogP contribution in [0.3, 0.4) is 0 Å². The number of likely N-dealkylation sites (tertiary alicyclic amines) is 1. The Bertz CT molecular complexity index is 806. The molecular weight excluding hydrogens is 357 g/mol. The highest BCUT2D eigenvalue weighted by Crippen LogP contribution is 2.35. The van der Waals surface area contributed by atoms with Crippen LogP contribution in [0.4, 0.5) is 13.2 Å². The van der Waals surface area contributed by atoms with Crippen LogP contribution in [0.2, 0.25) is 0 Å². The average molecular weight is 378 g/mol. The molecule has 0 amide bonds. The molecule has 0 saturated carbocycles. The van der Waals surface area contributed by atoms with Gasteiger partial charge < -0.3 is 5.11 Å². The number of hydrogen-bond acceptors (Lipinski definition) is 3. The van der Waals surface area contributed by atoms with Crippen molar-refractivity contribution in [1.29, 1.82) is 0 Å². The highest BCUT2D eigenvalue weighted by Gasteiger charge is 2.36. The molecule has 1 aliphatic heterocycles. The highest BCUT2D eigenvalue weighted by atomic mass is 19.4. The number of piperidine rings is 1. The van der Waals surface area contributed by atoms with Crippen molar-refractivity contribution in [3.63, 3.8) is 0 Å². The molecule has 2 aromatic rings. The number of hydrogen-bond donors (Lipinski definition) is 1. The summed E-state index contributed by atoms with van der Waals surface area (Å²) in [5.74, 6) is -0.917. The molecule has 0 spiro atoms. The summed E-state index contributed by atoms with van der Waals surface area (Å²) in [5.41, 5.74) is 1.29. The first-order chi connectivity index (χ1) is 12.8. The van der Waals surface area contributed by atoms with E-state index in [4.69, 9.17) is 0 Å². The van der Waals surface area contributed by atoms with Crippen molar-refractivity contribution >= 4 is 5.97 Å². The quantitative estimate of drug-likeness (QED) is 0.855. The number of carbonyl (C=O) groups is 1. The van der Waals surface area contributed by atoms with Gasteiger partial charge in [0.15, 0.2) is 0 Å². The van der Waals surface area contributed by atoms with E-state index in [9.17, 15) is 23.1 Å². The van der Waals surface area contributed by atoms with Gasteiger partial charge in [-0.1, -0.05) is 24.6 Å². The zero-order valence-corrected chi connectivity index (χ0v) is 14.9. The van der Waals surface area contributed by atoms with Crippen LogP contribution in [0.1, 0.15) is 47.8 Å². The van der Waals surface area contributed by atoms with E-state index in [1.165, 1.54) is 12.1 Å². The highest BCUT2D eigenvalue weighted by molar-refractivity contribution is 5.73. The second-order valence-corrected chi connectivity index (χ2v) is 6.81. The molecule has 1 N–H and O–H groups in total. The Morgan fingerprint density at radius 3 is 2.48 bits per heavy atom. The van der Waals surface area contributed by atoms with Crippen molar-refractivity contribution in [3.8, 4) is 0 Å². The number of aryl methyl sites for hydroxylation is 1. The van der Waals surface area contributed by atoms with Gasteiger partial charge in [0.05, 0.1) is 17.3 Å². The van der Waals surface area contributed by atoms with Gasteiger partial charge in [0.1, 0.15) is 6.04 Å². The number of pyridine rings is 1. The van der Waals surface area contributed by atoms with Gasteiger partial charge in [-0.2, -0.15) is 13.2 Å². The van der Waals surface area contributed by atoms with Crippen LogP contribution in [0.5, 0.6) is 0 Å². The van der Waals surface area contributed by atoms with E-state index < -0.39 is 29.8 Å². The summed E-state index contributed by atoms with van der Waals surface area (Å²) in [6.07, 6.45) is -2.25. The number of benzene rings is 1. The van der Waals surface area contributed by atoms with Gasteiger partial charge in [-0.3, -0.25) is 14.7 Å². The van der Waals surface area contributed by atoms with Crippen LogP contribution in [0.15, 0.2) is 42.5 Å². The monoisotopic (exact) mass is 378 g/mol. The van der Waals surface area contributed by atoms with Crippen molar-refractivity contribution in [1.82, 2.24) is 9.88 Å². The Labute approximate surface area is 155 Å². The first-order valence-corrected chi connectivity index (χ1v) is 8.86. The third-order valence-corrected chi connectivity index (χ3v) is 4.90. The maximum absolute atomic E-state index is 12.9. The van der Waals surface area contributed by atoms with E-state index in [1.54, 1.807) is 6.07 Å². The van der Waals surface area contributed by atoms with Gasteiger partial charge in [0.2, 0.25) is 0 Å². The number of halogens is 3. The van der Waals surface area contributed by atoms with E-state index in [2.05, 4.69) is 4.98 Å². The molecule has 0 radical (unpaired) electrons. The van der Waals surface area contributed by atoms with Gasteiger partial charge in [0.25, 0.3) is 0 Å². The summed E-state index contributed by atoms with van der Waals surface area (Å²) in [6.45, 7) is 2.39. The summed E-state index contributed by atoms with van der Waals surface area (Å²) < 4.78 is 38.8. The van der Waals surface area contributed by atoms with Crippen LogP contribution < -0.4 is 0 Å². The smallest absolute Gasteiger partial charge is 0.416 e. The molecule has 4 nitrogen and oxygen atoms in total. The van der Waals surface area contributed by atoms with Crippen LogP contribution in [-0.2, 0) is 11.0 Å². The lowest BCUT2D eigenvalue weighted by molar-refractivity contribution is -0.145. The molecule has 1 aliphatic rings. The lowest BCUT2D eigenvalue weighted by Crippen LogP contribution is -2.47. The number of carboxylic acids is 1. The lowest BCUT2D eigenvalue weighted by Gasteiger charge is -2.39. The molecule has 7 heteroatoms. The first-order valence-electron chi connectivity index (χ1n) is 8.86. The SMILES string of the molecule is Cc1cccc(C(c2ccc(C(F)(F)F)cc2)N2CCCCC2C(=O)O)n1. The maximum Gasteiger partial charge on any atom is 0.416 e. The Hall–Kier alpha value is -2.41. The molecule has 144 valence electrons. The van der Waals surface area contributed by atoms with E-state index in [0.717, 1.165) is 30.7 Å². The number of rotatable bonds is 4. The topological polar surface area (TPSA) is 53.4 Å². The molecule has 1 aromatic carbocycles. The Balaban J connectivity index is 2.06. The van der Waals surface area contributed by atoms with Crippen molar-refractivity contribution in [2.24, 2.45) is 0 Å². The summed E-state index contributed by atoms with van der Waals surface area (Å²) in [6, 6.07) is 9.18. The first kappa shape index (κ1) is 19.4. The normalized spacial score (nSPS) is 19.6. The van der Waals surface area contributed by atoms with Gasteiger partial charge >= 0.3 is 12.1 Å². The average Bonchev–Trinajstić information content (AvgIpc) is 2.62. The molecule has 0 aliphatic carbocycles. The fourth-order valence-electron chi connectivity index (χ4n) is 3.63. The summed E-state index contributed by atoms with van der Waals surface area (Å²) in [7, 11) is 0. The van der Waals surface area contributed by atoms with Gasteiger partial charge in [-0.05, 0) is 56.1 Å². The number of carboxylic acid groups (broad SMARTS) is 1. The fourth-order valence-corrected chi connectivity index (χ4v) is 3.63. The lowest BCUT2D eigenvalue weighted by atomic mass is 9.93. The number of nitrogens with zero attached hydrogens (tertiary/aromatic N) is 2. The van der Waals surface area contributed by atoms with E-state index >= 15 is 0 Å². The fraction of sp³-hybridized carbons (Fsp3) is 0.400. The molecule has 1 aromatic heterocycles. The largest absolute Gasteiger partial charge is 0.480 e. The van der Waals surface area contributed by atoms with Crippen LogP contribution in [-0.4, -0.2) is 33.5 Å². The molecule has 1 fully saturated rings. The minimum atomic E-state index is -4.41. The summed E-state index contributed by atoms with van der Waals surface area (Å²) >= 11 is 0. The second-order valence-electron chi connectivity index (χ2n) is 6.81. The van der Waals surface area contributed by atoms with Crippen molar-refractivity contribution < 1.29 is 23.1 Å². The number of aliphatic carboxylic acids is 1. The Morgan fingerprint density at radius 2 is 1.89 bits per heavy atom. The van der Waals surface area contributed by atoms with Crippen molar-refractivity contribution in [2.45, 2.75) is 44.4 Å². The van der Waals surface area contributed by atoms with Crippen molar-refractivity contribution in [3.05, 3.63) is 65.0 Å². The Morgan fingerprint density at radius 1 is 1.19 bits per heavy atom. The van der Waals surface area contributed by atoms with E-state index in [0.29, 0.717) is 24.2 Å². The number of aromatic nitrogens is 1. The molecule has 1 saturated heterocycles. The van der Waals surface area contributed by atoms with Gasteiger partial charge in [-0.15, -0.1) is 0 Å². The molecule has 0 bridgehead atoms. The van der Waals surface area contributed by atoms with Gasteiger partial charge in [0, 0.05) is 5.69 Å². The van der Waals surface area contributed by atoms with E-state index in [1.807, 2.05) is 24.0 Å². The van der Waals surface area contributed by atoms with E-state index in [-0.39, 0.29) is 0 Å². The minimum Gasteiger partial charge on any atom is -0.480 e. The van der Waals surface area contributed by atoms with Crippen LogP contribution in [0.25, 0.3) is 0 Å². The summed E-state index contributed by atoms with van der Waals surface area (Å²) in [4.78, 5) is 18.2. The molecular formula is C20H21F3N2O2. The standard InChI is InChI=1S/C20H21F3N2O2/c1-13-5-4-6-16(24-13)18(25-12-3-2-7-17(25)19(26)27)14-8-10-15(11-9-14)20(21,22)23/h4-6,8-11,17-18H,2-3,7,12H2,1H3,(H,26,27). The maximum atomic E-state index is 12.9. The molecule has 2 heterocycles. The zero-order chi connectivity index (χ0) is 19.6. The van der Waals surface area contributed by atoms with Gasteiger partial charge in [-0.25, -0.2) is 0 Å². The molecule has 2 unspecified atom stereocenters. The predicted octanol–water partition coefficient (Wildman–Crippen LogP) is 4.44. The minimum absolute atomic E-state index is 0.506. The molecule has 3 rings (SSSR count). The predicted molar refractivity (Wildman–Crippen MR) is 94.2 cm³/mol. The molecule has 27 heavy (non-hydrogen) atoms.